The normalized spacial score (nSPS) is 25.3. The Bertz CT molecular complexity index is 263. The lowest BCUT2D eigenvalue weighted by molar-refractivity contribution is -0.145. The Morgan fingerprint density at radius 3 is 2.53 bits per heavy atom. The molecule has 1 rings (SSSR count). The third-order valence-electron chi connectivity index (χ3n) is 4.30. The minimum absolute atomic E-state index is 0.129. The lowest BCUT2D eigenvalue weighted by atomic mass is 9.86. The third-order valence-corrected chi connectivity index (χ3v) is 4.30. The van der Waals surface area contributed by atoms with Crippen LogP contribution in [0.1, 0.15) is 46.0 Å². The van der Waals surface area contributed by atoms with Gasteiger partial charge in [0.1, 0.15) is 6.04 Å². The zero-order chi connectivity index (χ0) is 14.3. The first-order valence-electron chi connectivity index (χ1n) is 7.62. The van der Waals surface area contributed by atoms with E-state index in [0.29, 0.717) is 12.6 Å². The number of carbonyl (C=O) groups is 1. The summed E-state index contributed by atoms with van der Waals surface area (Å²) in [6.45, 7) is 5.59. The average Bonchev–Trinajstić information content (AvgIpc) is 2.40. The van der Waals surface area contributed by atoms with E-state index in [9.17, 15) is 4.79 Å². The van der Waals surface area contributed by atoms with E-state index in [0.717, 1.165) is 18.9 Å². The summed E-state index contributed by atoms with van der Waals surface area (Å²) in [6.07, 6.45) is 6.07. The second-order valence-electron chi connectivity index (χ2n) is 5.78. The SMILES string of the molecule is CCOC(=O)C(CCN(C)C1CCC(C)CC1)NC. The Balaban J connectivity index is 2.31. The van der Waals surface area contributed by atoms with E-state index in [1.54, 1.807) is 0 Å². The summed E-state index contributed by atoms with van der Waals surface area (Å²) < 4.78 is 5.07. The highest BCUT2D eigenvalue weighted by Crippen LogP contribution is 2.26. The van der Waals surface area contributed by atoms with Crippen molar-refractivity contribution < 1.29 is 9.53 Å². The first-order chi connectivity index (χ1) is 9.08. The topological polar surface area (TPSA) is 41.6 Å². The number of rotatable bonds is 7. The number of nitrogens with one attached hydrogen (secondary N) is 1. The Kier molecular flexibility index (Phi) is 7.39. The molecular formula is C15H30N2O2. The Morgan fingerprint density at radius 1 is 1.37 bits per heavy atom. The highest BCUT2D eigenvalue weighted by atomic mass is 16.5. The maximum Gasteiger partial charge on any atom is 0.323 e. The van der Waals surface area contributed by atoms with Gasteiger partial charge >= 0.3 is 5.97 Å². The van der Waals surface area contributed by atoms with Crippen LogP contribution in [0.25, 0.3) is 0 Å². The molecule has 1 aliphatic rings. The van der Waals surface area contributed by atoms with Gasteiger partial charge in [0.05, 0.1) is 6.61 Å². The maximum atomic E-state index is 11.7. The van der Waals surface area contributed by atoms with Crippen LogP contribution in [-0.2, 0) is 9.53 Å². The lowest BCUT2D eigenvalue weighted by Crippen LogP contribution is -2.41. The van der Waals surface area contributed by atoms with Crippen LogP contribution in [0.2, 0.25) is 0 Å². The Morgan fingerprint density at radius 2 is 2.00 bits per heavy atom. The van der Waals surface area contributed by atoms with Crippen molar-refractivity contribution >= 4 is 5.97 Å². The fraction of sp³-hybridized carbons (Fsp3) is 0.933. The van der Waals surface area contributed by atoms with Crippen LogP contribution in [0.3, 0.4) is 0 Å². The number of ether oxygens (including phenoxy) is 1. The fourth-order valence-corrected chi connectivity index (χ4v) is 2.82. The first-order valence-corrected chi connectivity index (χ1v) is 7.62. The molecular weight excluding hydrogens is 240 g/mol. The summed E-state index contributed by atoms with van der Waals surface area (Å²) in [6, 6.07) is 0.515. The van der Waals surface area contributed by atoms with Gasteiger partial charge in [-0.15, -0.1) is 0 Å². The molecule has 0 aromatic rings. The van der Waals surface area contributed by atoms with Crippen LogP contribution >= 0.6 is 0 Å². The molecule has 1 aliphatic carbocycles. The predicted molar refractivity (Wildman–Crippen MR) is 78.1 cm³/mol. The summed E-state index contributed by atoms with van der Waals surface area (Å²) in [5.41, 5.74) is 0. The van der Waals surface area contributed by atoms with E-state index in [2.05, 4.69) is 24.2 Å². The van der Waals surface area contributed by atoms with Gasteiger partial charge in [-0.05, 0) is 59.0 Å². The maximum absolute atomic E-state index is 11.7. The molecule has 0 spiro atoms. The molecule has 0 bridgehead atoms. The lowest BCUT2D eigenvalue weighted by Gasteiger charge is -2.34. The van der Waals surface area contributed by atoms with Crippen LogP contribution in [0.4, 0.5) is 0 Å². The number of hydrogen-bond acceptors (Lipinski definition) is 4. The highest BCUT2D eigenvalue weighted by molar-refractivity contribution is 5.75. The monoisotopic (exact) mass is 270 g/mol. The molecule has 1 fully saturated rings. The molecule has 0 radical (unpaired) electrons. The van der Waals surface area contributed by atoms with Crippen molar-refractivity contribution in [1.29, 1.82) is 0 Å². The number of carbonyl (C=O) groups excluding carboxylic acids is 1. The van der Waals surface area contributed by atoms with Crippen LogP contribution in [0.5, 0.6) is 0 Å². The molecule has 1 N–H and O–H groups in total. The minimum Gasteiger partial charge on any atom is -0.465 e. The molecule has 1 atom stereocenters. The van der Waals surface area contributed by atoms with E-state index in [1.165, 1.54) is 25.7 Å². The Hall–Kier alpha value is -0.610. The number of likely N-dealkylation sites (N-methyl/N-ethyl adjacent to an activating group) is 1. The fourth-order valence-electron chi connectivity index (χ4n) is 2.82. The molecule has 19 heavy (non-hydrogen) atoms. The first kappa shape index (κ1) is 16.4. The van der Waals surface area contributed by atoms with E-state index in [4.69, 9.17) is 4.74 Å². The quantitative estimate of drug-likeness (QED) is 0.719. The van der Waals surface area contributed by atoms with Crippen molar-refractivity contribution in [3.63, 3.8) is 0 Å². The van der Waals surface area contributed by atoms with Gasteiger partial charge in [-0.2, -0.15) is 0 Å². The molecule has 1 unspecified atom stereocenters. The zero-order valence-electron chi connectivity index (χ0n) is 12.9. The molecule has 0 aliphatic heterocycles. The van der Waals surface area contributed by atoms with Crippen molar-refractivity contribution in [1.82, 2.24) is 10.2 Å². The molecule has 112 valence electrons. The van der Waals surface area contributed by atoms with E-state index >= 15 is 0 Å². The molecule has 0 amide bonds. The Labute approximate surface area is 117 Å². The number of esters is 1. The smallest absolute Gasteiger partial charge is 0.323 e. The minimum atomic E-state index is -0.176. The second-order valence-corrected chi connectivity index (χ2v) is 5.78. The zero-order valence-corrected chi connectivity index (χ0v) is 12.9. The van der Waals surface area contributed by atoms with Gasteiger partial charge in [-0.1, -0.05) is 6.92 Å². The van der Waals surface area contributed by atoms with E-state index in [1.807, 2.05) is 14.0 Å². The van der Waals surface area contributed by atoms with Gasteiger partial charge in [0.2, 0.25) is 0 Å². The summed E-state index contributed by atoms with van der Waals surface area (Å²) in [5, 5.41) is 3.05. The molecule has 0 heterocycles. The molecule has 0 aromatic heterocycles. The molecule has 4 nitrogen and oxygen atoms in total. The summed E-state index contributed by atoms with van der Waals surface area (Å²) in [7, 11) is 4.00. The van der Waals surface area contributed by atoms with Gasteiger partial charge in [-0.3, -0.25) is 4.79 Å². The molecule has 1 saturated carbocycles. The summed E-state index contributed by atoms with van der Waals surface area (Å²) in [5.74, 6) is 0.755. The largest absolute Gasteiger partial charge is 0.465 e. The molecule has 4 heteroatoms. The number of hydrogen-bond donors (Lipinski definition) is 1. The number of nitrogens with zero attached hydrogens (tertiary/aromatic N) is 1. The van der Waals surface area contributed by atoms with Crippen LogP contribution in [0, 0.1) is 5.92 Å². The van der Waals surface area contributed by atoms with Crippen LogP contribution in [0.15, 0.2) is 0 Å². The summed E-state index contributed by atoms with van der Waals surface area (Å²) in [4.78, 5) is 14.1. The summed E-state index contributed by atoms with van der Waals surface area (Å²) >= 11 is 0. The van der Waals surface area contributed by atoms with Crippen molar-refractivity contribution in [2.75, 3.05) is 27.2 Å². The average molecular weight is 270 g/mol. The van der Waals surface area contributed by atoms with Gasteiger partial charge in [0, 0.05) is 12.6 Å². The van der Waals surface area contributed by atoms with Crippen LogP contribution < -0.4 is 5.32 Å². The molecule has 0 aromatic carbocycles. The van der Waals surface area contributed by atoms with Crippen molar-refractivity contribution in [2.24, 2.45) is 5.92 Å². The highest BCUT2D eigenvalue weighted by Gasteiger charge is 2.23. The van der Waals surface area contributed by atoms with Crippen molar-refractivity contribution in [3.8, 4) is 0 Å². The van der Waals surface area contributed by atoms with Gasteiger partial charge < -0.3 is 15.0 Å². The van der Waals surface area contributed by atoms with E-state index in [-0.39, 0.29) is 12.0 Å². The standard InChI is InChI=1S/C15H30N2O2/c1-5-19-15(18)14(16-3)10-11-17(4)13-8-6-12(2)7-9-13/h12-14,16H,5-11H2,1-4H3. The van der Waals surface area contributed by atoms with Gasteiger partial charge in [0.25, 0.3) is 0 Å². The second kappa shape index (κ2) is 8.54. The van der Waals surface area contributed by atoms with E-state index < -0.39 is 0 Å². The van der Waals surface area contributed by atoms with Crippen molar-refractivity contribution in [3.05, 3.63) is 0 Å². The third kappa shape index (κ3) is 5.49. The van der Waals surface area contributed by atoms with Crippen molar-refractivity contribution in [2.45, 2.75) is 58.0 Å². The van der Waals surface area contributed by atoms with Gasteiger partial charge in [0.15, 0.2) is 0 Å². The molecule has 0 saturated heterocycles. The predicted octanol–water partition coefficient (Wildman–Crippen LogP) is 2.04. The van der Waals surface area contributed by atoms with Gasteiger partial charge in [-0.25, -0.2) is 0 Å². The van der Waals surface area contributed by atoms with Crippen LogP contribution in [-0.4, -0.2) is 50.2 Å².